The van der Waals surface area contributed by atoms with E-state index < -0.39 is 0 Å². The third kappa shape index (κ3) is 3.41. The van der Waals surface area contributed by atoms with Gasteiger partial charge in [0.05, 0.1) is 12.7 Å². The molecule has 0 aliphatic heterocycles. The Bertz CT molecular complexity index is 471. The average Bonchev–Trinajstić information content (AvgIpc) is 2.48. The number of methoxy groups -OCH3 is 1. The van der Waals surface area contributed by atoms with E-state index in [1.807, 2.05) is 26.0 Å². The van der Waals surface area contributed by atoms with Gasteiger partial charge in [-0.25, -0.2) is 0 Å². The van der Waals surface area contributed by atoms with Gasteiger partial charge in [-0.3, -0.25) is 4.79 Å². The molecule has 1 aromatic rings. The SMILES string of the molecule is COc1c(C(=O)CCC2CCCCC2)ccc(C)c1C. The first-order valence-electron chi connectivity index (χ1n) is 7.81. The van der Waals surface area contributed by atoms with Crippen molar-refractivity contribution in [3.8, 4) is 5.75 Å². The lowest BCUT2D eigenvalue weighted by molar-refractivity contribution is 0.0967. The maximum absolute atomic E-state index is 12.5. The molecule has 0 amide bonds. The minimum absolute atomic E-state index is 0.232. The van der Waals surface area contributed by atoms with Crippen LogP contribution in [0.3, 0.4) is 0 Å². The Morgan fingerprint density at radius 1 is 1.20 bits per heavy atom. The summed E-state index contributed by atoms with van der Waals surface area (Å²) in [7, 11) is 1.65. The molecule has 0 saturated heterocycles. The van der Waals surface area contributed by atoms with Crippen molar-refractivity contribution in [1.29, 1.82) is 0 Å². The van der Waals surface area contributed by atoms with Crippen LogP contribution in [-0.4, -0.2) is 12.9 Å². The van der Waals surface area contributed by atoms with Gasteiger partial charge in [0.15, 0.2) is 5.78 Å². The van der Waals surface area contributed by atoms with E-state index in [4.69, 9.17) is 4.74 Å². The Balaban J connectivity index is 2.03. The van der Waals surface area contributed by atoms with Gasteiger partial charge in [-0.15, -0.1) is 0 Å². The molecule has 0 N–H and O–H groups in total. The van der Waals surface area contributed by atoms with Crippen molar-refractivity contribution in [1.82, 2.24) is 0 Å². The van der Waals surface area contributed by atoms with Crippen molar-refractivity contribution in [3.05, 3.63) is 28.8 Å². The van der Waals surface area contributed by atoms with Gasteiger partial charge in [0, 0.05) is 6.42 Å². The summed E-state index contributed by atoms with van der Waals surface area (Å²) < 4.78 is 5.45. The van der Waals surface area contributed by atoms with Gasteiger partial charge in [0.1, 0.15) is 5.75 Å². The van der Waals surface area contributed by atoms with Crippen LogP contribution in [0.15, 0.2) is 12.1 Å². The Morgan fingerprint density at radius 2 is 1.90 bits per heavy atom. The van der Waals surface area contributed by atoms with E-state index >= 15 is 0 Å². The third-order valence-electron chi connectivity index (χ3n) is 4.69. The largest absolute Gasteiger partial charge is 0.496 e. The lowest BCUT2D eigenvalue weighted by atomic mass is 9.85. The summed E-state index contributed by atoms with van der Waals surface area (Å²) in [6, 6.07) is 3.94. The molecule has 1 aliphatic carbocycles. The molecule has 0 spiro atoms. The van der Waals surface area contributed by atoms with Crippen molar-refractivity contribution < 1.29 is 9.53 Å². The van der Waals surface area contributed by atoms with Crippen LogP contribution in [-0.2, 0) is 0 Å². The summed E-state index contributed by atoms with van der Waals surface area (Å²) >= 11 is 0. The Labute approximate surface area is 122 Å². The second-order valence-corrected chi connectivity index (χ2v) is 6.05. The van der Waals surface area contributed by atoms with Gasteiger partial charge in [-0.2, -0.15) is 0 Å². The fraction of sp³-hybridized carbons (Fsp3) is 0.611. The van der Waals surface area contributed by atoms with E-state index in [2.05, 4.69) is 0 Å². The molecule has 2 rings (SSSR count). The van der Waals surface area contributed by atoms with Crippen molar-refractivity contribution >= 4 is 5.78 Å². The number of rotatable bonds is 5. The lowest BCUT2D eigenvalue weighted by Crippen LogP contribution is -2.10. The molecule has 1 aliphatic rings. The molecule has 2 heteroatoms. The minimum atomic E-state index is 0.232. The Hall–Kier alpha value is -1.31. The van der Waals surface area contributed by atoms with E-state index in [9.17, 15) is 4.79 Å². The highest BCUT2D eigenvalue weighted by atomic mass is 16.5. The monoisotopic (exact) mass is 274 g/mol. The van der Waals surface area contributed by atoms with Gasteiger partial charge in [0.25, 0.3) is 0 Å². The second kappa shape index (κ2) is 6.92. The molecule has 110 valence electrons. The maximum Gasteiger partial charge on any atom is 0.166 e. The van der Waals surface area contributed by atoms with Crippen LogP contribution in [0.1, 0.15) is 66.4 Å². The van der Waals surface area contributed by atoms with Crippen LogP contribution in [0.5, 0.6) is 5.75 Å². The zero-order chi connectivity index (χ0) is 14.5. The van der Waals surface area contributed by atoms with Crippen LogP contribution in [0.4, 0.5) is 0 Å². The number of hydrogen-bond donors (Lipinski definition) is 0. The summed E-state index contributed by atoms with van der Waals surface area (Å²) in [5.41, 5.74) is 3.01. The lowest BCUT2D eigenvalue weighted by Gasteiger charge is -2.21. The molecule has 0 heterocycles. The van der Waals surface area contributed by atoms with Crippen LogP contribution < -0.4 is 4.74 Å². The normalized spacial score (nSPS) is 16.1. The Kier molecular flexibility index (Phi) is 5.22. The summed E-state index contributed by atoms with van der Waals surface area (Å²) in [6.45, 7) is 4.07. The van der Waals surface area contributed by atoms with Crippen molar-refractivity contribution in [3.63, 3.8) is 0 Å². The molecular weight excluding hydrogens is 248 g/mol. The highest BCUT2D eigenvalue weighted by Gasteiger charge is 2.18. The van der Waals surface area contributed by atoms with E-state index in [1.165, 1.54) is 37.7 Å². The average molecular weight is 274 g/mol. The first-order valence-corrected chi connectivity index (χ1v) is 7.81. The molecule has 1 aromatic carbocycles. The maximum atomic E-state index is 12.5. The molecular formula is C18H26O2. The molecule has 0 aromatic heterocycles. The van der Waals surface area contributed by atoms with Crippen molar-refractivity contribution in [2.24, 2.45) is 5.92 Å². The highest BCUT2D eigenvalue weighted by molar-refractivity contribution is 5.99. The van der Waals surface area contributed by atoms with Crippen LogP contribution >= 0.6 is 0 Å². The number of ether oxygens (including phenoxy) is 1. The first-order chi connectivity index (χ1) is 9.63. The van der Waals surface area contributed by atoms with Crippen LogP contribution in [0.25, 0.3) is 0 Å². The quantitative estimate of drug-likeness (QED) is 0.717. The summed E-state index contributed by atoms with van der Waals surface area (Å²) in [5.74, 6) is 1.75. The number of benzene rings is 1. The van der Waals surface area contributed by atoms with E-state index in [1.54, 1.807) is 7.11 Å². The molecule has 2 nitrogen and oxygen atoms in total. The number of ketones is 1. The summed E-state index contributed by atoms with van der Waals surface area (Å²) in [6.07, 6.45) is 8.35. The summed E-state index contributed by atoms with van der Waals surface area (Å²) in [5, 5.41) is 0. The fourth-order valence-corrected chi connectivity index (χ4v) is 3.22. The number of carbonyl (C=O) groups is 1. The third-order valence-corrected chi connectivity index (χ3v) is 4.69. The molecule has 1 fully saturated rings. The predicted octanol–water partition coefficient (Wildman–Crippen LogP) is 4.86. The molecule has 0 bridgehead atoms. The van der Waals surface area contributed by atoms with Gasteiger partial charge >= 0.3 is 0 Å². The summed E-state index contributed by atoms with van der Waals surface area (Å²) in [4.78, 5) is 12.5. The zero-order valence-corrected chi connectivity index (χ0v) is 13.0. The predicted molar refractivity (Wildman–Crippen MR) is 82.6 cm³/mol. The van der Waals surface area contributed by atoms with Crippen molar-refractivity contribution in [2.45, 2.75) is 58.8 Å². The highest BCUT2D eigenvalue weighted by Crippen LogP contribution is 2.30. The molecule has 20 heavy (non-hydrogen) atoms. The number of hydrogen-bond acceptors (Lipinski definition) is 2. The minimum Gasteiger partial charge on any atom is -0.496 e. The van der Waals surface area contributed by atoms with Crippen molar-refractivity contribution in [2.75, 3.05) is 7.11 Å². The molecule has 0 radical (unpaired) electrons. The Morgan fingerprint density at radius 3 is 2.55 bits per heavy atom. The van der Waals surface area contributed by atoms with E-state index in [-0.39, 0.29) is 5.78 Å². The number of aryl methyl sites for hydroxylation is 1. The van der Waals surface area contributed by atoms with Crippen LogP contribution in [0, 0.1) is 19.8 Å². The van der Waals surface area contributed by atoms with Gasteiger partial charge in [0.2, 0.25) is 0 Å². The van der Waals surface area contributed by atoms with Crippen LogP contribution in [0.2, 0.25) is 0 Å². The standard InChI is InChI=1S/C18H26O2/c1-13-9-11-16(18(20-3)14(13)2)17(19)12-10-15-7-5-4-6-8-15/h9,11,15H,4-8,10,12H2,1-3H3. The molecule has 1 saturated carbocycles. The van der Waals surface area contributed by atoms with Gasteiger partial charge in [-0.1, -0.05) is 38.2 Å². The smallest absolute Gasteiger partial charge is 0.166 e. The molecule has 0 unspecified atom stereocenters. The fourth-order valence-electron chi connectivity index (χ4n) is 3.22. The van der Waals surface area contributed by atoms with E-state index in [0.717, 1.165) is 29.2 Å². The first kappa shape index (κ1) is 15.1. The number of Topliss-reactive ketones (excluding diaryl/α,β-unsaturated/α-hetero) is 1. The molecule has 0 atom stereocenters. The van der Waals surface area contributed by atoms with Gasteiger partial charge in [-0.05, 0) is 43.4 Å². The van der Waals surface area contributed by atoms with Gasteiger partial charge < -0.3 is 4.74 Å². The number of carbonyl (C=O) groups excluding carboxylic acids is 1. The van der Waals surface area contributed by atoms with E-state index in [0.29, 0.717) is 6.42 Å². The topological polar surface area (TPSA) is 26.3 Å². The zero-order valence-electron chi connectivity index (χ0n) is 13.0. The second-order valence-electron chi connectivity index (χ2n) is 6.05.